The van der Waals surface area contributed by atoms with Crippen LogP contribution in [-0.4, -0.2) is 44.3 Å². The summed E-state index contributed by atoms with van der Waals surface area (Å²) < 4.78 is 11.9. The molecule has 1 aromatic rings. The second-order valence-corrected chi connectivity index (χ2v) is 13.2. The van der Waals surface area contributed by atoms with Crippen LogP contribution in [-0.2, 0) is 20.6 Å². The van der Waals surface area contributed by atoms with Crippen LogP contribution in [0.5, 0.6) is 0 Å². The van der Waals surface area contributed by atoms with Crippen molar-refractivity contribution < 1.29 is 18.8 Å². The molecular weight excluding hydrogens is 346 g/mol. The molecule has 0 aliphatic carbocycles. The Labute approximate surface area is 157 Å². The third-order valence-electron chi connectivity index (χ3n) is 5.45. The zero-order valence-electron chi connectivity index (χ0n) is 16.5. The first kappa shape index (κ1) is 20.6. The van der Waals surface area contributed by atoms with Crippen LogP contribution < -0.4 is 0 Å². The van der Waals surface area contributed by atoms with Crippen LogP contribution in [0.25, 0.3) is 0 Å². The number of ether oxygens (including phenoxy) is 1. The number of carbonyl (C=O) groups excluding carboxylic acids is 2. The second kappa shape index (κ2) is 8.35. The minimum Gasteiger partial charge on any atom is -0.445 e. The van der Waals surface area contributed by atoms with Gasteiger partial charge in [0.25, 0.3) is 0 Å². The molecule has 0 saturated carbocycles. The van der Waals surface area contributed by atoms with E-state index < -0.39 is 8.32 Å². The minimum absolute atomic E-state index is 0.0369. The molecule has 144 valence electrons. The molecule has 2 rings (SSSR count). The fourth-order valence-electron chi connectivity index (χ4n) is 2.91. The van der Waals surface area contributed by atoms with Gasteiger partial charge in [0.05, 0.1) is 6.10 Å². The van der Waals surface area contributed by atoms with Gasteiger partial charge in [0, 0.05) is 19.0 Å². The van der Waals surface area contributed by atoms with Crippen LogP contribution in [0.2, 0.25) is 18.1 Å². The lowest BCUT2D eigenvalue weighted by Crippen LogP contribution is -2.44. The van der Waals surface area contributed by atoms with E-state index in [1.165, 1.54) is 0 Å². The number of amides is 1. The second-order valence-electron chi connectivity index (χ2n) is 8.48. The van der Waals surface area contributed by atoms with Gasteiger partial charge in [0.1, 0.15) is 12.9 Å². The van der Waals surface area contributed by atoms with Gasteiger partial charge in [-0.25, -0.2) is 4.79 Å². The van der Waals surface area contributed by atoms with E-state index in [1.54, 1.807) is 4.90 Å². The predicted octanol–water partition coefficient (Wildman–Crippen LogP) is 4.38. The molecule has 5 nitrogen and oxygen atoms in total. The number of nitrogens with zero attached hydrogens (tertiary/aromatic N) is 1. The summed E-state index contributed by atoms with van der Waals surface area (Å²) in [5, 5.41) is 0.106. The van der Waals surface area contributed by atoms with Crippen molar-refractivity contribution >= 4 is 20.7 Å². The largest absolute Gasteiger partial charge is 0.445 e. The van der Waals surface area contributed by atoms with E-state index in [2.05, 4.69) is 33.9 Å². The van der Waals surface area contributed by atoms with E-state index in [9.17, 15) is 9.59 Å². The number of likely N-dealkylation sites (tertiary alicyclic amines) is 1. The Kier molecular flexibility index (Phi) is 6.63. The van der Waals surface area contributed by atoms with E-state index in [-0.39, 0.29) is 29.9 Å². The summed E-state index contributed by atoms with van der Waals surface area (Å²) >= 11 is 0. The number of hydrogen-bond donors (Lipinski definition) is 0. The maximum absolute atomic E-state index is 12.6. The zero-order valence-corrected chi connectivity index (χ0v) is 17.5. The SMILES string of the molecule is CC(C)(C)[Si](C)(C)O[C@@H]1C[C@H](CC=O)N(C(=O)OCc2ccccc2)C1. The molecule has 1 fully saturated rings. The molecule has 2 atom stereocenters. The molecule has 0 unspecified atom stereocenters. The fourth-order valence-corrected chi connectivity index (χ4v) is 4.27. The number of benzene rings is 1. The van der Waals surface area contributed by atoms with Crippen molar-refractivity contribution in [3.8, 4) is 0 Å². The molecule has 0 radical (unpaired) electrons. The number of hydrogen-bond acceptors (Lipinski definition) is 4. The van der Waals surface area contributed by atoms with Gasteiger partial charge in [-0.15, -0.1) is 0 Å². The van der Waals surface area contributed by atoms with Crippen molar-refractivity contribution in [1.29, 1.82) is 0 Å². The molecule has 1 aromatic carbocycles. The highest BCUT2D eigenvalue weighted by atomic mass is 28.4. The maximum atomic E-state index is 12.6. The number of rotatable bonds is 6. The standard InChI is InChI=1S/C20H31NO4Si/c1-20(2,3)26(4,5)25-18-13-17(11-12-22)21(14-18)19(23)24-15-16-9-7-6-8-10-16/h6-10,12,17-18H,11,13-15H2,1-5H3/t17-,18+/m0/s1. The van der Waals surface area contributed by atoms with Crippen molar-refractivity contribution in [3.63, 3.8) is 0 Å². The topological polar surface area (TPSA) is 55.8 Å². The van der Waals surface area contributed by atoms with Gasteiger partial charge >= 0.3 is 6.09 Å². The Morgan fingerprint density at radius 2 is 1.92 bits per heavy atom. The summed E-state index contributed by atoms with van der Waals surface area (Å²) in [5.41, 5.74) is 0.945. The van der Waals surface area contributed by atoms with Gasteiger partial charge in [-0.05, 0) is 30.1 Å². The quantitative estimate of drug-likeness (QED) is 0.545. The summed E-state index contributed by atoms with van der Waals surface area (Å²) in [5.74, 6) is 0. The average molecular weight is 378 g/mol. The van der Waals surface area contributed by atoms with E-state index in [1.807, 2.05) is 30.3 Å². The Balaban J connectivity index is 1.99. The third kappa shape index (κ3) is 5.17. The highest BCUT2D eigenvalue weighted by Gasteiger charge is 2.43. The zero-order chi connectivity index (χ0) is 19.4. The maximum Gasteiger partial charge on any atom is 0.410 e. The molecule has 1 heterocycles. The number of carbonyl (C=O) groups is 2. The van der Waals surface area contributed by atoms with Gasteiger partial charge < -0.3 is 18.9 Å². The monoisotopic (exact) mass is 377 g/mol. The van der Waals surface area contributed by atoms with Crippen LogP contribution in [0.3, 0.4) is 0 Å². The highest BCUT2D eigenvalue weighted by molar-refractivity contribution is 6.74. The summed E-state index contributed by atoms with van der Waals surface area (Å²) in [6.07, 6.45) is 1.47. The Morgan fingerprint density at radius 1 is 1.27 bits per heavy atom. The van der Waals surface area contributed by atoms with Crippen LogP contribution in [0.4, 0.5) is 4.79 Å². The van der Waals surface area contributed by atoms with E-state index in [0.29, 0.717) is 19.4 Å². The first-order chi connectivity index (χ1) is 12.1. The van der Waals surface area contributed by atoms with Gasteiger partial charge in [-0.1, -0.05) is 51.1 Å². The Hall–Kier alpha value is -1.66. The molecule has 0 bridgehead atoms. The molecule has 6 heteroatoms. The van der Waals surface area contributed by atoms with Gasteiger partial charge in [-0.3, -0.25) is 0 Å². The van der Waals surface area contributed by atoms with Crippen LogP contribution >= 0.6 is 0 Å². The molecule has 1 saturated heterocycles. The molecule has 0 spiro atoms. The minimum atomic E-state index is -1.93. The normalized spacial score (nSPS) is 20.9. The van der Waals surface area contributed by atoms with Gasteiger partial charge in [0.2, 0.25) is 0 Å². The van der Waals surface area contributed by atoms with Crippen LogP contribution in [0.1, 0.15) is 39.2 Å². The molecule has 0 N–H and O–H groups in total. The fraction of sp³-hybridized carbons (Fsp3) is 0.600. The molecule has 26 heavy (non-hydrogen) atoms. The van der Waals surface area contributed by atoms with Crippen LogP contribution in [0.15, 0.2) is 30.3 Å². The van der Waals surface area contributed by atoms with E-state index in [0.717, 1.165) is 11.8 Å². The lowest BCUT2D eigenvalue weighted by molar-refractivity contribution is -0.108. The molecular formula is C20H31NO4Si. The van der Waals surface area contributed by atoms with E-state index >= 15 is 0 Å². The van der Waals surface area contributed by atoms with Crippen molar-refractivity contribution in [2.45, 2.75) is 70.5 Å². The van der Waals surface area contributed by atoms with E-state index in [4.69, 9.17) is 9.16 Å². The molecule has 1 aliphatic heterocycles. The van der Waals surface area contributed by atoms with Gasteiger partial charge in [-0.2, -0.15) is 0 Å². The summed E-state index contributed by atoms with van der Waals surface area (Å²) in [7, 11) is -1.93. The third-order valence-corrected chi connectivity index (χ3v) is 9.99. The smallest absolute Gasteiger partial charge is 0.410 e. The van der Waals surface area contributed by atoms with Crippen LogP contribution in [0, 0.1) is 0 Å². The highest BCUT2D eigenvalue weighted by Crippen LogP contribution is 2.39. The lowest BCUT2D eigenvalue weighted by atomic mass is 10.1. The summed E-state index contributed by atoms with van der Waals surface area (Å²) in [6, 6.07) is 9.45. The first-order valence-electron chi connectivity index (χ1n) is 9.23. The first-order valence-corrected chi connectivity index (χ1v) is 12.1. The summed E-state index contributed by atoms with van der Waals surface area (Å²) in [6.45, 7) is 11.7. The number of aldehydes is 1. The summed E-state index contributed by atoms with van der Waals surface area (Å²) in [4.78, 5) is 25.3. The molecule has 1 amide bonds. The van der Waals surface area contributed by atoms with Crippen molar-refractivity contribution in [3.05, 3.63) is 35.9 Å². The van der Waals surface area contributed by atoms with Crippen molar-refractivity contribution in [2.24, 2.45) is 0 Å². The average Bonchev–Trinajstić information content (AvgIpc) is 2.95. The van der Waals surface area contributed by atoms with Gasteiger partial charge in [0.15, 0.2) is 8.32 Å². The Morgan fingerprint density at radius 3 is 2.50 bits per heavy atom. The van der Waals surface area contributed by atoms with Crippen molar-refractivity contribution in [1.82, 2.24) is 4.90 Å². The predicted molar refractivity (Wildman–Crippen MR) is 104 cm³/mol. The van der Waals surface area contributed by atoms with Crippen molar-refractivity contribution in [2.75, 3.05) is 6.54 Å². The lowest BCUT2D eigenvalue weighted by Gasteiger charge is -2.38. The molecule has 0 aromatic heterocycles. The Bertz CT molecular complexity index is 612. The molecule has 1 aliphatic rings.